The maximum absolute atomic E-state index is 9.75. The normalized spacial score (nSPS) is 15.5. The molecule has 0 N–H and O–H groups in total. The van der Waals surface area contributed by atoms with Gasteiger partial charge in [-0.05, 0) is 0 Å². The van der Waals surface area contributed by atoms with Gasteiger partial charge >= 0.3 is 24.6 Å². The van der Waals surface area contributed by atoms with Crippen molar-refractivity contribution in [1.82, 2.24) is 0 Å². The van der Waals surface area contributed by atoms with Crippen molar-refractivity contribution in [2.24, 2.45) is 11.8 Å². The third-order valence-corrected chi connectivity index (χ3v) is 2.69. The van der Waals surface area contributed by atoms with E-state index in [4.69, 9.17) is 0 Å². The van der Waals surface area contributed by atoms with Gasteiger partial charge in [-0.15, -0.1) is 12.8 Å². The second-order valence-electron chi connectivity index (χ2n) is 5.28. The van der Waals surface area contributed by atoms with Crippen molar-refractivity contribution in [2.75, 3.05) is 0 Å². The molecule has 0 radical (unpaired) electrons. The molecule has 0 aromatic rings. The van der Waals surface area contributed by atoms with Crippen LogP contribution in [-0.2, 0) is 17.4 Å². The van der Waals surface area contributed by atoms with Crippen LogP contribution in [0, 0.1) is 24.0 Å². The first-order valence-corrected chi connectivity index (χ1v) is 7.03. The van der Waals surface area contributed by atoms with Crippen LogP contribution in [0.25, 0.3) is 0 Å². The van der Waals surface area contributed by atoms with Crippen LogP contribution in [-0.4, -0.2) is 7.25 Å². The summed E-state index contributed by atoms with van der Waals surface area (Å²) in [6.07, 6.45) is 17.2. The third-order valence-electron chi connectivity index (χ3n) is 2.69. The fraction of sp³-hybridized carbons (Fsp3) is 0.500. The van der Waals surface area contributed by atoms with Gasteiger partial charge < -0.3 is 17.3 Å². The minimum atomic E-state index is -6.00. The van der Waals surface area contributed by atoms with Crippen LogP contribution >= 0.6 is 0 Å². The molecule has 0 saturated carbocycles. The molecule has 22 heavy (non-hydrogen) atoms. The van der Waals surface area contributed by atoms with E-state index in [1.807, 2.05) is 0 Å². The van der Waals surface area contributed by atoms with E-state index in [2.05, 4.69) is 64.2 Å². The first kappa shape index (κ1) is 23.5. The molecule has 2 aliphatic carbocycles. The molecule has 124 valence electrons. The number of hydrogen-bond donors (Lipinski definition) is 0. The second-order valence-corrected chi connectivity index (χ2v) is 5.28. The van der Waals surface area contributed by atoms with Crippen LogP contribution in [0.4, 0.5) is 17.3 Å². The molecule has 0 spiro atoms. The van der Waals surface area contributed by atoms with Crippen molar-refractivity contribution in [1.29, 1.82) is 0 Å². The Morgan fingerprint density at radius 3 is 1.18 bits per heavy atom. The molecule has 0 fully saturated rings. The predicted octanol–water partition coefficient (Wildman–Crippen LogP) is 5.96. The quantitative estimate of drug-likeness (QED) is 0.326. The van der Waals surface area contributed by atoms with Crippen LogP contribution < -0.4 is 0 Å². The van der Waals surface area contributed by atoms with Gasteiger partial charge in [-0.1, -0.05) is 39.5 Å². The maximum atomic E-state index is 9.75. The van der Waals surface area contributed by atoms with Crippen LogP contribution in [0.3, 0.4) is 0 Å². The molecule has 0 heterocycles. The van der Waals surface area contributed by atoms with E-state index < -0.39 is 7.25 Å². The van der Waals surface area contributed by atoms with Crippen LogP contribution in [0.2, 0.25) is 0 Å². The summed E-state index contributed by atoms with van der Waals surface area (Å²) in [5, 5.41) is 0. The van der Waals surface area contributed by atoms with Gasteiger partial charge in [-0.3, -0.25) is 12.2 Å². The zero-order valence-corrected chi connectivity index (χ0v) is 14.7. The van der Waals surface area contributed by atoms with Crippen LogP contribution in [0.1, 0.15) is 40.5 Å². The van der Waals surface area contributed by atoms with Crippen molar-refractivity contribution in [3.8, 4) is 0 Å². The van der Waals surface area contributed by atoms with Gasteiger partial charge in [0, 0.05) is 0 Å². The van der Waals surface area contributed by atoms with E-state index >= 15 is 0 Å². The van der Waals surface area contributed by atoms with Crippen molar-refractivity contribution in [3.63, 3.8) is 0 Å². The van der Waals surface area contributed by atoms with Gasteiger partial charge in [0.25, 0.3) is 0 Å². The number of hydrogen-bond acceptors (Lipinski definition) is 0. The topological polar surface area (TPSA) is 0 Å². The van der Waals surface area contributed by atoms with Crippen LogP contribution in [0.5, 0.6) is 0 Å². The Balaban J connectivity index is 0. The zero-order chi connectivity index (χ0) is 16.5. The summed E-state index contributed by atoms with van der Waals surface area (Å²) in [6.45, 7) is 8.77. The SMILES string of the molecule is CC(C)C1=[C-]CC=C1.CC(C)C1=[C-]CC=C1.F[B-](F)(F)F.[Cr+2]. The monoisotopic (exact) mass is 353 g/mol. The molecular weight excluding hydrogens is 331 g/mol. The third kappa shape index (κ3) is 14.2. The average molecular weight is 353 g/mol. The Morgan fingerprint density at radius 1 is 0.818 bits per heavy atom. The molecule has 2 aliphatic rings. The largest absolute Gasteiger partial charge is 2.00 e. The molecule has 0 aliphatic heterocycles. The smallest absolute Gasteiger partial charge is 0.418 e. The number of halogens is 4. The number of allylic oxidation sites excluding steroid dienone is 8. The van der Waals surface area contributed by atoms with Gasteiger partial charge in [0.05, 0.1) is 0 Å². The van der Waals surface area contributed by atoms with E-state index in [9.17, 15) is 17.3 Å². The first-order chi connectivity index (χ1) is 9.61. The minimum absolute atomic E-state index is 0. The standard InChI is InChI=1S/2C8H11.BF4.Cr/c2*1-7(2)8-5-3-4-6-8;2-1(3,4)5;/h2*3,5,7H,4H2,1-2H3;;/q3*-1;+2. The fourth-order valence-electron chi connectivity index (χ4n) is 1.64. The molecule has 0 unspecified atom stereocenters. The average Bonchev–Trinajstić information content (AvgIpc) is 3.02. The van der Waals surface area contributed by atoms with Crippen molar-refractivity contribution in [3.05, 3.63) is 47.6 Å². The van der Waals surface area contributed by atoms with Gasteiger partial charge in [0.15, 0.2) is 0 Å². The molecule has 0 nitrogen and oxygen atoms in total. The summed E-state index contributed by atoms with van der Waals surface area (Å²) >= 11 is 0. The summed E-state index contributed by atoms with van der Waals surface area (Å²) in [5.41, 5.74) is 2.73. The molecule has 0 bridgehead atoms. The van der Waals surface area contributed by atoms with Crippen LogP contribution in [0.15, 0.2) is 35.5 Å². The summed E-state index contributed by atoms with van der Waals surface area (Å²) in [7, 11) is -6.00. The fourth-order valence-corrected chi connectivity index (χ4v) is 1.64. The van der Waals surface area contributed by atoms with Gasteiger partial charge in [-0.25, -0.2) is 23.3 Å². The van der Waals surface area contributed by atoms with E-state index in [0.29, 0.717) is 11.8 Å². The Kier molecular flexibility index (Phi) is 12.6. The summed E-state index contributed by atoms with van der Waals surface area (Å²) in [5.74, 6) is 1.32. The van der Waals surface area contributed by atoms with E-state index in [-0.39, 0.29) is 17.4 Å². The van der Waals surface area contributed by atoms with Crippen molar-refractivity contribution >= 4 is 7.25 Å². The van der Waals surface area contributed by atoms with Crippen molar-refractivity contribution < 1.29 is 34.6 Å². The molecule has 0 amide bonds. The van der Waals surface area contributed by atoms with Gasteiger partial charge in [0.2, 0.25) is 0 Å². The van der Waals surface area contributed by atoms with E-state index in [1.54, 1.807) is 0 Å². The Hall–Kier alpha value is -0.723. The maximum Gasteiger partial charge on any atom is 2.00 e. The molecule has 0 aromatic carbocycles. The zero-order valence-electron chi connectivity index (χ0n) is 13.4. The van der Waals surface area contributed by atoms with Gasteiger partial charge in [-0.2, -0.15) is 12.2 Å². The molecule has 0 atom stereocenters. The molecule has 0 saturated heterocycles. The second kappa shape index (κ2) is 11.8. The Labute approximate surface area is 142 Å². The predicted molar refractivity (Wildman–Crippen MR) is 80.9 cm³/mol. The number of rotatable bonds is 2. The molecule has 0 aromatic heterocycles. The van der Waals surface area contributed by atoms with E-state index in [1.165, 1.54) is 11.1 Å². The summed E-state index contributed by atoms with van der Waals surface area (Å²) < 4.78 is 39.0. The molecule has 6 heteroatoms. The summed E-state index contributed by atoms with van der Waals surface area (Å²) in [4.78, 5) is 0. The Bertz CT molecular complexity index is 378. The van der Waals surface area contributed by atoms with E-state index in [0.717, 1.165) is 12.8 Å². The first-order valence-electron chi connectivity index (χ1n) is 7.03. The molecular formula is C16H22BCrF4-. The molecule has 2 rings (SSSR count). The van der Waals surface area contributed by atoms with Crippen molar-refractivity contribution in [2.45, 2.75) is 40.5 Å². The Morgan fingerprint density at radius 2 is 1.09 bits per heavy atom. The minimum Gasteiger partial charge on any atom is -0.418 e. The summed E-state index contributed by atoms with van der Waals surface area (Å²) in [6, 6.07) is 0. The van der Waals surface area contributed by atoms with Gasteiger partial charge in [0.1, 0.15) is 0 Å².